The molecule has 0 aliphatic heterocycles. The van der Waals surface area contributed by atoms with Crippen LogP contribution in [0.4, 0.5) is 0 Å². The lowest BCUT2D eigenvalue weighted by atomic mass is 10.0. The second-order valence-electron chi connectivity index (χ2n) is 4.19. The molecule has 0 bridgehead atoms. The highest BCUT2D eigenvalue weighted by molar-refractivity contribution is 5.02. The average Bonchev–Trinajstić information content (AvgIpc) is 2.85. The normalized spacial score (nSPS) is 26.9. The number of aromatic nitrogens is 2. The monoisotopic (exact) mass is 193 g/mol. The maximum Gasteiger partial charge on any atom is 0.0532 e. The van der Waals surface area contributed by atoms with Gasteiger partial charge in [-0.25, -0.2) is 0 Å². The zero-order chi connectivity index (χ0) is 9.80. The van der Waals surface area contributed by atoms with Crippen LogP contribution in [0.1, 0.15) is 38.2 Å². The van der Waals surface area contributed by atoms with E-state index in [2.05, 4.69) is 22.4 Å². The third-order valence-electron chi connectivity index (χ3n) is 3.31. The summed E-state index contributed by atoms with van der Waals surface area (Å²) in [5, 5.41) is 10.4. The Balaban J connectivity index is 1.80. The van der Waals surface area contributed by atoms with Crippen LogP contribution in [0.3, 0.4) is 0 Å². The highest BCUT2D eigenvalue weighted by Crippen LogP contribution is 2.28. The Bertz CT molecular complexity index is 256. The lowest BCUT2D eigenvalue weighted by molar-refractivity contribution is 0.389. The molecule has 0 amide bonds. The second kappa shape index (κ2) is 4.60. The summed E-state index contributed by atoms with van der Waals surface area (Å²) in [6, 6.07) is 0.731. The first-order valence-corrected chi connectivity index (χ1v) is 5.61. The van der Waals surface area contributed by atoms with E-state index in [4.69, 9.17) is 0 Å². The summed E-state index contributed by atoms with van der Waals surface area (Å²) in [5.41, 5.74) is 1.26. The smallest absolute Gasteiger partial charge is 0.0532 e. The number of nitrogens with zero attached hydrogens (tertiary/aromatic N) is 1. The van der Waals surface area contributed by atoms with Gasteiger partial charge in [-0.3, -0.25) is 5.10 Å². The number of H-pyrrole nitrogens is 1. The summed E-state index contributed by atoms with van der Waals surface area (Å²) in [6.07, 6.45) is 9.30. The minimum atomic E-state index is 0.731. The van der Waals surface area contributed by atoms with E-state index in [1.54, 1.807) is 0 Å². The molecule has 1 saturated carbocycles. The Morgan fingerprint density at radius 2 is 2.50 bits per heavy atom. The van der Waals surface area contributed by atoms with E-state index in [1.807, 2.05) is 12.4 Å². The van der Waals surface area contributed by atoms with Crippen LogP contribution in [-0.4, -0.2) is 16.2 Å². The Morgan fingerprint density at radius 3 is 3.21 bits per heavy atom. The average molecular weight is 193 g/mol. The van der Waals surface area contributed by atoms with Crippen LogP contribution in [0.15, 0.2) is 12.4 Å². The fraction of sp³-hybridized carbons (Fsp3) is 0.727. The zero-order valence-electron chi connectivity index (χ0n) is 8.79. The van der Waals surface area contributed by atoms with Gasteiger partial charge >= 0.3 is 0 Å². The predicted octanol–water partition coefficient (Wildman–Crippen LogP) is 2.08. The van der Waals surface area contributed by atoms with E-state index in [0.717, 1.165) is 18.5 Å². The van der Waals surface area contributed by atoms with Crippen LogP contribution < -0.4 is 5.32 Å². The minimum absolute atomic E-state index is 0.731. The van der Waals surface area contributed by atoms with Crippen LogP contribution in [0, 0.1) is 5.92 Å². The zero-order valence-corrected chi connectivity index (χ0v) is 8.79. The van der Waals surface area contributed by atoms with E-state index in [1.165, 1.54) is 31.2 Å². The molecule has 1 fully saturated rings. The van der Waals surface area contributed by atoms with Crippen LogP contribution in [-0.2, 0) is 6.54 Å². The van der Waals surface area contributed by atoms with Gasteiger partial charge in [0.05, 0.1) is 6.20 Å². The summed E-state index contributed by atoms with van der Waals surface area (Å²) in [4.78, 5) is 0. The van der Waals surface area contributed by atoms with Crippen LogP contribution in [0.2, 0.25) is 0 Å². The van der Waals surface area contributed by atoms with Crippen molar-refractivity contribution in [1.29, 1.82) is 0 Å². The Hall–Kier alpha value is -0.830. The molecule has 2 rings (SSSR count). The molecule has 1 aromatic heterocycles. The number of nitrogens with one attached hydrogen (secondary N) is 2. The van der Waals surface area contributed by atoms with Crippen molar-refractivity contribution in [2.75, 3.05) is 0 Å². The maximum absolute atomic E-state index is 3.94. The topological polar surface area (TPSA) is 40.7 Å². The van der Waals surface area contributed by atoms with Gasteiger partial charge in [-0.1, -0.05) is 19.8 Å². The number of hydrogen-bond donors (Lipinski definition) is 2. The molecular weight excluding hydrogens is 174 g/mol. The fourth-order valence-corrected chi connectivity index (χ4v) is 2.42. The quantitative estimate of drug-likeness (QED) is 0.768. The number of aromatic amines is 1. The summed E-state index contributed by atoms with van der Waals surface area (Å²) in [5.74, 6) is 0.891. The summed E-state index contributed by atoms with van der Waals surface area (Å²) >= 11 is 0. The molecule has 0 saturated heterocycles. The standard InChI is InChI=1S/C11H19N3/c1-2-10-4-3-5-11(10)12-6-9-7-13-14-8-9/h7-8,10-12H,2-6H2,1H3,(H,13,14). The number of hydrogen-bond acceptors (Lipinski definition) is 2. The van der Waals surface area contributed by atoms with Crippen molar-refractivity contribution >= 4 is 0 Å². The van der Waals surface area contributed by atoms with Crippen molar-refractivity contribution in [1.82, 2.24) is 15.5 Å². The van der Waals surface area contributed by atoms with Crippen molar-refractivity contribution in [3.8, 4) is 0 Å². The molecule has 1 aromatic rings. The van der Waals surface area contributed by atoms with Crippen molar-refractivity contribution in [2.24, 2.45) is 5.92 Å². The molecular formula is C11H19N3. The first-order chi connectivity index (χ1) is 6.90. The Labute approximate surface area is 85.3 Å². The van der Waals surface area contributed by atoms with Gasteiger partial charge in [-0.2, -0.15) is 5.10 Å². The van der Waals surface area contributed by atoms with Gasteiger partial charge in [-0.15, -0.1) is 0 Å². The van der Waals surface area contributed by atoms with Gasteiger partial charge in [0.25, 0.3) is 0 Å². The molecule has 0 radical (unpaired) electrons. The van der Waals surface area contributed by atoms with Crippen molar-refractivity contribution < 1.29 is 0 Å². The van der Waals surface area contributed by atoms with Gasteiger partial charge < -0.3 is 5.32 Å². The molecule has 0 spiro atoms. The molecule has 2 atom stereocenters. The summed E-state index contributed by atoms with van der Waals surface area (Å²) < 4.78 is 0. The van der Waals surface area contributed by atoms with E-state index < -0.39 is 0 Å². The number of rotatable bonds is 4. The van der Waals surface area contributed by atoms with E-state index in [0.29, 0.717) is 0 Å². The molecule has 14 heavy (non-hydrogen) atoms. The molecule has 1 aliphatic rings. The first-order valence-electron chi connectivity index (χ1n) is 5.61. The third-order valence-corrected chi connectivity index (χ3v) is 3.31. The molecule has 3 heteroatoms. The van der Waals surface area contributed by atoms with Crippen LogP contribution in [0.25, 0.3) is 0 Å². The molecule has 78 valence electrons. The van der Waals surface area contributed by atoms with Gasteiger partial charge in [0, 0.05) is 24.3 Å². The van der Waals surface area contributed by atoms with Crippen molar-refractivity contribution in [3.05, 3.63) is 18.0 Å². The molecule has 1 heterocycles. The molecule has 2 N–H and O–H groups in total. The van der Waals surface area contributed by atoms with Crippen molar-refractivity contribution in [2.45, 2.75) is 45.2 Å². The first kappa shape index (κ1) is 9.71. The highest BCUT2D eigenvalue weighted by Gasteiger charge is 2.24. The Kier molecular flexibility index (Phi) is 3.19. The summed E-state index contributed by atoms with van der Waals surface area (Å²) in [6.45, 7) is 3.25. The molecule has 0 aromatic carbocycles. The van der Waals surface area contributed by atoms with E-state index in [9.17, 15) is 0 Å². The van der Waals surface area contributed by atoms with Gasteiger partial charge in [0.2, 0.25) is 0 Å². The second-order valence-corrected chi connectivity index (χ2v) is 4.19. The molecule has 3 nitrogen and oxygen atoms in total. The van der Waals surface area contributed by atoms with Gasteiger partial charge in [0.15, 0.2) is 0 Å². The van der Waals surface area contributed by atoms with Gasteiger partial charge in [-0.05, 0) is 18.8 Å². The van der Waals surface area contributed by atoms with E-state index in [-0.39, 0.29) is 0 Å². The van der Waals surface area contributed by atoms with Gasteiger partial charge in [0.1, 0.15) is 0 Å². The predicted molar refractivity (Wildman–Crippen MR) is 56.8 cm³/mol. The summed E-state index contributed by atoms with van der Waals surface area (Å²) in [7, 11) is 0. The highest BCUT2D eigenvalue weighted by atomic mass is 15.1. The molecule has 1 aliphatic carbocycles. The van der Waals surface area contributed by atoms with E-state index >= 15 is 0 Å². The molecule has 2 unspecified atom stereocenters. The Morgan fingerprint density at radius 1 is 1.57 bits per heavy atom. The van der Waals surface area contributed by atoms with Crippen LogP contribution in [0.5, 0.6) is 0 Å². The lowest BCUT2D eigenvalue weighted by Gasteiger charge is -2.18. The minimum Gasteiger partial charge on any atom is -0.310 e. The third kappa shape index (κ3) is 2.15. The van der Waals surface area contributed by atoms with Crippen molar-refractivity contribution in [3.63, 3.8) is 0 Å². The van der Waals surface area contributed by atoms with Crippen LogP contribution >= 0.6 is 0 Å². The fourth-order valence-electron chi connectivity index (χ4n) is 2.42. The SMILES string of the molecule is CCC1CCCC1NCc1cn[nH]c1. The lowest BCUT2D eigenvalue weighted by Crippen LogP contribution is -2.31. The maximum atomic E-state index is 3.94. The largest absolute Gasteiger partial charge is 0.310 e.